The number of alkyl halides is 5. The van der Waals surface area contributed by atoms with Crippen molar-refractivity contribution in [3.05, 3.63) is 0 Å². The van der Waals surface area contributed by atoms with Crippen molar-refractivity contribution >= 4 is 5.78 Å². The van der Waals surface area contributed by atoms with Crippen LogP contribution in [0.1, 0.15) is 6.92 Å². The van der Waals surface area contributed by atoms with Gasteiger partial charge < -0.3 is 0 Å². The molecule has 6 heteroatoms. The van der Waals surface area contributed by atoms with Crippen LogP contribution in [0.4, 0.5) is 22.0 Å². The fourth-order valence-corrected chi connectivity index (χ4v) is 1.55. The minimum atomic E-state index is -2.84. The minimum absolute atomic E-state index is 0.821. The molecular formula is C8H9F5O. The first-order valence-electron chi connectivity index (χ1n) is 4.08. The van der Waals surface area contributed by atoms with Crippen molar-refractivity contribution in [2.75, 3.05) is 0 Å². The molecule has 0 saturated heterocycles. The molecule has 0 spiro atoms. The quantitative estimate of drug-likeness (QED) is 0.612. The van der Waals surface area contributed by atoms with Gasteiger partial charge in [0.1, 0.15) is 18.1 Å². The Balaban J connectivity index is 2.92. The smallest absolute Gasteiger partial charge is 0.168 e. The second kappa shape index (κ2) is 3.82. The van der Waals surface area contributed by atoms with Crippen molar-refractivity contribution in [3.63, 3.8) is 0 Å². The third-order valence-corrected chi connectivity index (χ3v) is 2.37. The zero-order valence-corrected chi connectivity index (χ0v) is 7.26. The molecule has 0 aromatic heterocycles. The summed E-state index contributed by atoms with van der Waals surface area (Å²) in [5.41, 5.74) is 0. The number of carbonyl (C=O) groups excluding carboxylic acids is 1. The van der Waals surface area contributed by atoms with Gasteiger partial charge in [0.2, 0.25) is 0 Å². The maximum Gasteiger partial charge on any atom is 0.168 e. The molecule has 0 heterocycles. The van der Waals surface area contributed by atoms with Crippen molar-refractivity contribution in [3.8, 4) is 0 Å². The van der Waals surface area contributed by atoms with Gasteiger partial charge in [0.15, 0.2) is 18.5 Å². The third-order valence-electron chi connectivity index (χ3n) is 2.37. The molecular weight excluding hydrogens is 207 g/mol. The predicted octanol–water partition coefficient (Wildman–Crippen LogP) is 1.90. The maximum absolute atomic E-state index is 12.9. The van der Waals surface area contributed by atoms with Crippen LogP contribution in [0.2, 0.25) is 0 Å². The normalized spacial score (nSPS) is 49.0. The van der Waals surface area contributed by atoms with E-state index in [1.807, 2.05) is 0 Å². The van der Waals surface area contributed by atoms with Gasteiger partial charge in [-0.15, -0.1) is 0 Å². The van der Waals surface area contributed by atoms with Gasteiger partial charge in [0.05, 0.1) is 5.92 Å². The molecule has 14 heavy (non-hydrogen) atoms. The third kappa shape index (κ3) is 1.62. The van der Waals surface area contributed by atoms with E-state index in [-0.39, 0.29) is 0 Å². The zero-order valence-electron chi connectivity index (χ0n) is 7.26. The predicted molar refractivity (Wildman–Crippen MR) is 38.7 cm³/mol. The first kappa shape index (κ1) is 11.4. The van der Waals surface area contributed by atoms with E-state index in [1.54, 1.807) is 0 Å². The van der Waals surface area contributed by atoms with Gasteiger partial charge in [0.25, 0.3) is 0 Å². The Morgan fingerprint density at radius 2 is 1.07 bits per heavy atom. The Kier molecular flexibility index (Phi) is 3.11. The van der Waals surface area contributed by atoms with Gasteiger partial charge in [-0.2, -0.15) is 0 Å². The molecule has 0 amide bonds. The first-order chi connectivity index (χ1) is 6.37. The summed E-state index contributed by atoms with van der Waals surface area (Å²) in [4.78, 5) is 10.7. The lowest BCUT2D eigenvalue weighted by atomic mass is 9.80. The molecule has 1 aliphatic carbocycles. The molecule has 0 N–H and O–H groups in total. The van der Waals surface area contributed by atoms with Gasteiger partial charge >= 0.3 is 0 Å². The molecule has 4 unspecified atom stereocenters. The Morgan fingerprint density at radius 3 is 1.36 bits per heavy atom. The van der Waals surface area contributed by atoms with Gasteiger partial charge in [-0.05, 0) is 6.92 Å². The molecule has 0 aromatic carbocycles. The lowest BCUT2D eigenvalue weighted by molar-refractivity contribution is -0.139. The summed E-state index contributed by atoms with van der Waals surface area (Å²) in [5, 5.41) is 0. The standard InChI is InChI=1S/C8H9F5O/c1-2(14)3-4(9)6(11)8(13)7(12)5(3)10/h3-8H,1H3. The van der Waals surface area contributed by atoms with Crippen LogP contribution in [0.3, 0.4) is 0 Å². The van der Waals surface area contributed by atoms with Gasteiger partial charge in [-0.1, -0.05) is 0 Å². The molecule has 1 aliphatic rings. The zero-order chi connectivity index (χ0) is 11.0. The van der Waals surface area contributed by atoms with Crippen LogP contribution in [-0.4, -0.2) is 36.6 Å². The van der Waals surface area contributed by atoms with E-state index >= 15 is 0 Å². The highest BCUT2D eigenvalue weighted by molar-refractivity contribution is 5.80. The van der Waals surface area contributed by atoms with Crippen molar-refractivity contribution in [1.82, 2.24) is 0 Å². The van der Waals surface area contributed by atoms with Crippen LogP contribution < -0.4 is 0 Å². The maximum atomic E-state index is 12.9. The number of ketones is 1. The van der Waals surface area contributed by atoms with E-state index in [2.05, 4.69) is 0 Å². The fraction of sp³-hybridized carbons (Fsp3) is 0.875. The molecule has 0 bridgehead atoms. The first-order valence-corrected chi connectivity index (χ1v) is 4.08. The topological polar surface area (TPSA) is 17.1 Å². The number of rotatable bonds is 1. The summed E-state index contributed by atoms with van der Waals surface area (Å²) >= 11 is 0. The molecule has 1 nitrogen and oxygen atoms in total. The highest BCUT2D eigenvalue weighted by Gasteiger charge is 2.55. The number of hydrogen-bond acceptors (Lipinski definition) is 1. The van der Waals surface area contributed by atoms with Crippen molar-refractivity contribution < 1.29 is 26.7 Å². The Morgan fingerprint density at radius 1 is 0.786 bits per heavy atom. The average molecular weight is 216 g/mol. The Labute approximate surface area is 77.3 Å². The molecule has 1 fully saturated rings. The Bertz CT molecular complexity index is 218. The average Bonchev–Trinajstić information content (AvgIpc) is 2.11. The number of Topliss-reactive ketones (excluding diaryl/α,β-unsaturated/α-hetero) is 1. The van der Waals surface area contributed by atoms with E-state index in [0.717, 1.165) is 6.92 Å². The summed E-state index contributed by atoms with van der Waals surface area (Å²) < 4.78 is 63.8. The molecule has 4 atom stereocenters. The van der Waals surface area contributed by atoms with E-state index < -0.39 is 42.6 Å². The van der Waals surface area contributed by atoms with Crippen LogP contribution in [0.15, 0.2) is 0 Å². The van der Waals surface area contributed by atoms with Crippen LogP contribution >= 0.6 is 0 Å². The second-order valence-electron chi connectivity index (χ2n) is 3.36. The van der Waals surface area contributed by atoms with Gasteiger partial charge in [0, 0.05) is 0 Å². The van der Waals surface area contributed by atoms with Crippen LogP contribution in [0, 0.1) is 5.92 Å². The van der Waals surface area contributed by atoms with Crippen molar-refractivity contribution in [2.24, 2.45) is 5.92 Å². The SMILES string of the molecule is CC(=O)C1C(F)C(F)C(F)C(F)C1F. The molecule has 0 aliphatic heterocycles. The molecule has 1 saturated carbocycles. The second-order valence-corrected chi connectivity index (χ2v) is 3.36. The lowest BCUT2D eigenvalue weighted by Gasteiger charge is -2.34. The summed E-state index contributed by atoms with van der Waals surface area (Å²) in [6, 6.07) is 0. The van der Waals surface area contributed by atoms with E-state index in [9.17, 15) is 26.7 Å². The highest BCUT2D eigenvalue weighted by atomic mass is 19.2. The largest absolute Gasteiger partial charge is 0.299 e. The fourth-order valence-electron chi connectivity index (χ4n) is 1.55. The molecule has 0 aromatic rings. The van der Waals surface area contributed by atoms with Gasteiger partial charge in [-0.25, -0.2) is 22.0 Å². The summed E-state index contributed by atoms with van der Waals surface area (Å²) in [5.74, 6) is -3.05. The molecule has 1 rings (SSSR count). The van der Waals surface area contributed by atoms with Crippen LogP contribution in [0.25, 0.3) is 0 Å². The van der Waals surface area contributed by atoms with Crippen molar-refractivity contribution in [1.29, 1.82) is 0 Å². The minimum Gasteiger partial charge on any atom is -0.299 e. The monoisotopic (exact) mass is 216 g/mol. The van der Waals surface area contributed by atoms with E-state index in [1.165, 1.54) is 0 Å². The molecule has 82 valence electrons. The van der Waals surface area contributed by atoms with E-state index in [4.69, 9.17) is 0 Å². The van der Waals surface area contributed by atoms with Crippen molar-refractivity contribution in [2.45, 2.75) is 37.8 Å². The number of carbonyl (C=O) groups is 1. The molecule has 0 radical (unpaired) electrons. The van der Waals surface area contributed by atoms with Gasteiger partial charge in [-0.3, -0.25) is 4.79 Å². The van der Waals surface area contributed by atoms with Crippen LogP contribution in [-0.2, 0) is 4.79 Å². The lowest BCUT2D eigenvalue weighted by Crippen LogP contribution is -2.55. The number of halogens is 5. The van der Waals surface area contributed by atoms with E-state index in [0.29, 0.717) is 0 Å². The summed E-state index contributed by atoms with van der Waals surface area (Å²) in [6.07, 6.45) is -13.6. The Hall–Kier alpha value is -0.680. The summed E-state index contributed by atoms with van der Waals surface area (Å²) in [7, 11) is 0. The number of hydrogen-bond donors (Lipinski definition) is 0. The van der Waals surface area contributed by atoms with Crippen LogP contribution in [0.5, 0.6) is 0 Å². The summed E-state index contributed by atoms with van der Waals surface area (Å²) in [6.45, 7) is 0.821. The highest BCUT2D eigenvalue weighted by Crippen LogP contribution is 2.36.